The Labute approximate surface area is 148 Å². The SMILES string of the molecule is CCOC(=O)C1CCCN(CC(=O)Nc2ccc3ccccc3c2)C1. The standard InChI is InChI=1S/C20H24N2O3/c1-2-25-20(24)17-8-5-11-22(13-17)14-19(23)21-18-10-9-15-6-3-4-7-16(15)12-18/h3-4,6-7,9-10,12,17H,2,5,8,11,13-14H2,1H3,(H,21,23). The van der Waals surface area contributed by atoms with Crippen LogP contribution in [0.2, 0.25) is 0 Å². The number of likely N-dealkylation sites (tertiary alicyclic amines) is 1. The normalized spacial score (nSPS) is 18.0. The number of nitrogens with one attached hydrogen (secondary N) is 1. The Hall–Kier alpha value is -2.40. The van der Waals surface area contributed by atoms with Crippen molar-refractivity contribution in [2.24, 2.45) is 5.92 Å². The second-order valence-corrected chi connectivity index (χ2v) is 6.44. The van der Waals surface area contributed by atoms with E-state index in [1.165, 1.54) is 0 Å². The van der Waals surface area contributed by atoms with Crippen molar-refractivity contribution in [3.05, 3.63) is 42.5 Å². The number of esters is 1. The van der Waals surface area contributed by atoms with Crippen molar-refractivity contribution in [3.63, 3.8) is 0 Å². The molecule has 1 heterocycles. The lowest BCUT2D eigenvalue weighted by atomic mass is 9.98. The molecule has 1 fully saturated rings. The molecule has 1 aliphatic rings. The van der Waals surface area contributed by atoms with Crippen molar-refractivity contribution < 1.29 is 14.3 Å². The highest BCUT2D eigenvalue weighted by Crippen LogP contribution is 2.20. The molecule has 1 unspecified atom stereocenters. The van der Waals surface area contributed by atoms with Gasteiger partial charge in [0.05, 0.1) is 19.1 Å². The molecule has 0 radical (unpaired) electrons. The zero-order valence-electron chi connectivity index (χ0n) is 14.5. The molecule has 1 aliphatic heterocycles. The third kappa shape index (κ3) is 4.57. The molecule has 0 saturated carbocycles. The zero-order valence-corrected chi connectivity index (χ0v) is 14.5. The number of hydrogen-bond acceptors (Lipinski definition) is 4. The van der Waals surface area contributed by atoms with Gasteiger partial charge in [-0.3, -0.25) is 14.5 Å². The highest BCUT2D eigenvalue weighted by molar-refractivity contribution is 5.95. The molecule has 0 aliphatic carbocycles. The van der Waals surface area contributed by atoms with Gasteiger partial charge in [0.1, 0.15) is 0 Å². The summed E-state index contributed by atoms with van der Waals surface area (Å²) >= 11 is 0. The lowest BCUT2D eigenvalue weighted by Gasteiger charge is -2.30. The number of amides is 1. The summed E-state index contributed by atoms with van der Waals surface area (Å²) in [6.07, 6.45) is 1.74. The average Bonchev–Trinajstić information content (AvgIpc) is 2.62. The van der Waals surface area contributed by atoms with E-state index in [-0.39, 0.29) is 17.8 Å². The molecule has 1 atom stereocenters. The first-order chi connectivity index (χ1) is 12.2. The zero-order chi connectivity index (χ0) is 17.6. The van der Waals surface area contributed by atoms with E-state index in [2.05, 4.69) is 5.32 Å². The molecule has 3 rings (SSSR count). The van der Waals surface area contributed by atoms with E-state index < -0.39 is 0 Å². The van der Waals surface area contributed by atoms with Crippen LogP contribution in [0.5, 0.6) is 0 Å². The number of hydrogen-bond donors (Lipinski definition) is 1. The van der Waals surface area contributed by atoms with Crippen molar-refractivity contribution in [1.29, 1.82) is 0 Å². The molecule has 5 heteroatoms. The van der Waals surface area contributed by atoms with Gasteiger partial charge < -0.3 is 10.1 Å². The predicted octanol–water partition coefficient (Wildman–Crippen LogP) is 3.05. The van der Waals surface area contributed by atoms with E-state index in [0.717, 1.165) is 35.8 Å². The molecule has 1 amide bonds. The van der Waals surface area contributed by atoms with Gasteiger partial charge in [0.2, 0.25) is 5.91 Å². The summed E-state index contributed by atoms with van der Waals surface area (Å²) in [5, 5.41) is 5.20. The summed E-state index contributed by atoms with van der Waals surface area (Å²) in [4.78, 5) is 26.3. The first-order valence-corrected chi connectivity index (χ1v) is 8.83. The van der Waals surface area contributed by atoms with Gasteiger partial charge in [0.15, 0.2) is 0 Å². The Bertz CT molecular complexity index is 759. The van der Waals surface area contributed by atoms with Gasteiger partial charge in [0, 0.05) is 12.2 Å². The highest BCUT2D eigenvalue weighted by atomic mass is 16.5. The number of benzene rings is 2. The number of carbonyl (C=O) groups excluding carboxylic acids is 2. The number of ether oxygens (including phenoxy) is 1. The maximum Gasteiger partial charge on any atom is 0.310 e. The average molecular weight is 340 g/mol. The van der Waals surface area contributed by atoms with Crippen LogP contribution in [0.1, 0.15) is 19.8 Å². The first kappa shape index (κ1) is 17.4. The van der Waals surface area contributed by atoms with Crippen LogP contribution >= 0.6 is 0 Å². The Balaban J connectivity index is 1.57. The van der Waals surface area contributed by atoms with Crippen LogP contribution in [0.15, 0.2) is 42.5 Å². The van der Waals surface area contributed by atoms with E-state index in [1.807, 2.05) is 54.3 Å². The maximum atomic E-state index is 12.4. The van der Waals surface area contributed by atoms with Crippen LogP contribution in [0, 0.1) is 5.92 Å². The number of piperidine rings is 1. The first-order valence-electron chi connectivity index (χ1n) is 8.83. The maximum absolute atomic E-state index is 12.4. The summed E-state index contributed by atoms with van der Waals surface area (Å²) in [6, 6.07) is 13.9. The third-order valence-electron chi connectivity index (χ3n) is 4.53. The van der Waals surface area contributed by atoms with E-state index in [1.54, 1.807) is 0 Å². The number of anilines is 1. The van der Waals surface area contributed by atoms with Gasteiger partial charge in [-0.15, -0.1) is 0 Å². The van der Waals surface area contributed by atoms with Gasteiger partial charge in [-0.2, -0.15) is 0 Å². The number of fused-ring (bicyclic) bond motifs is 1. The van der Waals surface area contributed by atoms with Gasteiger partial charge in [-0.25, -0.2) is 0 Å². The van der Waals surface area contributed by atoms with E-state index in [9.17, 15) is 9.59 Å². The van der Waals surface area contributed by atoms with Gasteiger partial charge in [0.25, 0.3) is 0 Å². The molecule has 132 valence electrons. The fourth-order valence-electron chi connectivity index (χ4n) is 3.32. The molecule has 0 spiro atoms. The molecule has 0 aromatic heterocycles. The monoisotopic (exact) mass is 340 g/mol. The fraction of sp³-hybridized carbons (Fsp3) is 0.400. The Kier molecular flexibility index (Phi) is 5.66. The molecule has 1 N–H and O–H groups in total. The highest BCUT2D eigenvalue weighted by Gasteiger charge is 2.27. The predicted molar refractivity (Wildman–Crippen MR) is 98.4 cm³/mol. The lowest BCUT2D eigenvalue weighted by molar-refractivity contribution is -0.150. The molecule has 25 heavy (non-hydrogen) atoms. The van der Waals surface area contributed by atoms with Crippen LogP contribution in [-0.4, -0.2) is 43.0 Å². The van der Waals surface area contributed by atoms with Gasteiger partial charge >= 0.3 is 5.97 Å². The number of rotatable bonds is 5. The molecular formula is C20H24N2O3. The largest absolute Gasteiger partial charge is 0.466 e. The molecule has 1 saturated heterocycles. The van der Waals surface area contributed by atoms with Gasteiger partial charge in [-0.05, 0) is 49.2 Å². The smallest absolute Gasteiger partial charge is 0.310 e. The minimum atomic E-state index is -0.151. The fourth-order valence-corrected chi connectivity index (χ4v) is 3.32. The summed E-state index contributed by atoms with van der Waals surface area (Å²) in [6.45, 7) is 3.93. The Morgan fingerprint density at radius 2 is 2.00 bits per heavy atom. The quantitative estimate of drug-likeness (QED) is 0.850. The minimum Gasteiger partial charge on any atom is -0.466 e. The molecule has 0 bridgehead atoms. The van der Waals surface area contributed by atoms with Crippen molar-refractivity contribution >= 4 is 28.3 Å². The van der Waals surface area contributed by atoms with Crippen molar-refractivity contribution in [2.45, 2.75) is 19.8 Å². The van der Waals surface area contributed by atoms with Crippen LogP contribution in [0.4, 0.5) is 5.69 Å². The number of nitrogens with zero attached hydrogens (tertiary/aromatic N) is 1. The second-order valence-electron chi connectivity index (χ2n) is 6.44. The molecule has 5 nitrogen and oxygen atoms in total. The van der Waals surface area contributed by atoms with E-state index >= 15 is 0 Å². The van der Waals surface area contributed by atoms with Crippen molar-refractivity contribution in [3.8, 4) is 0 Å². The van der Waals surface area contributed by atoms with Crippen LogP contribution in [0.3, 0.4) is 0 Å². The summed E-state index contributed by atoms with van der Waals surface area (Å²) in [5.74, 6) is -0.330. The lowest BCUT2D eigenvalue weighted by Crippen LogP contribution is -2.43. The summed E-state index contributed by atoms with van der Waals surface area (Å²) in [7, 11) is 0. The third-order valence-corrected chi connectivity index (χ3v) is 4.53. The Morgan fingerprint density at radius 3 is 2.80 bits per heavy atom. The van der Waals surface area contributed by atoms with E-state index in [0.29, 0.717) is 19.7 Å². The molecule has 2 aromatic rings. The minimum absolute atomic E-state index is 0.0558. The van der Waals surface area contributed by atoms with Crippen molar-refractivity contribution in [1.82, 2.24) is 4.90 Å². The molecular weight excluding hydrogens is 316 g/mol. The van der Waals surface area contributed by atoms with Crippen LogP contribution in [0.25, 0.3) is 10.8 Å². The Morgan fingerprint density at radius 1 is 1.20 bits per heavy atom. The summed E-state index contributed by atoms with van der Waals surface area (Å²) < 4.78 is 5.11. The van der Waals surface area contributed by atoms with Crippen molar-refractivity contribution in [2.75, 3.05) is 31.6 Å². The second kappa shape index (κ2) is 8.12. The van der Waals surface area contributed by atoms with Crippen LogP contribution in [-0.2, 0) is 14.3 Å². The van der Waals surface area contributed by atoms with E-state index in [4.69, 9.17) is 4.74 Å². The molecule has 2 aromatic carbocycles. The van der Waals surface area contributed by atoms with Crippen LogP contribution < -0.4 is 5.32 Å². The van der Waals surface area contributed by atoms with Gasteiger partial charge in [-0.1, -0.05) is 30.3 Å². The summed E-state index contributed by atoms with van der Waals surface area (Å²) in [5.41, 5.74) is 0.794. The number of carbonyl (C=O) groups is 2. The topological polar surface area (TPSA) is 58.6 Å².